The van der Waals surface area contributed by atoms with E-state index in [1.54, 1.807) is 0 Å². The molecule has 7 aromatic rings. The number of pyridine rings is 4. The van der Waals surface area contributed by atoms with E-state index in [0.717, 1.165) is 86.0 Å². The second-order valence-corrected chi connectivity index (χ2v) is 20.9. The summed E-state index contributed by atoms with van der Waals surface area (Å²) < 4.78 is 4.77. The fraction of sp³-hybridized carbons (Fsp3) is 0.469. The highest BCUT2D eigenvalue weighted by Gasteiger charge is 2.31. The van der Waals surface area contributed by atoms with Crippen molar-refractivity contribution in [2.45, 2.75) is 141 Å². The minimum atomic E-state index is -0.0706. The van der Waals surface area contributed by atoms with Gasteiger partial charge >= 0.3 is 0 Å². The van der Waals surface area contributed by atoms with Crippen molar-refractivity contribution in [3.63, 3.8) is 0 Å². The molecule has 7 nitrogen and oxygen atoms in total. The van der Waals surface area contributed by atoms with Gasteiger partial charge in [-0.25, -0.2) is 9.97 Å². The van der Waals surface area contributed by atoms with Crippen LogP contribution < -0.4 is 4.90 Å². The Morgan fingerprint density at radius 3 is 1.21 bits per heavy atom. The zero-order valence-electron chi connectivity index (χ0n) is 37.2. The van der Waals surface area contributed by atoms with Gasteiger partial charge in [-0.15, -0.1) is 0 Å². The topological polar surface area (TPSA) is 63.6 Å². The van der Waals surface area contributed by atoms with E-state index in [0.29, 0.717) is 0 Å². The number of aryl methyl sites for hydroxylation is 5. The molecule has 1 aromatic carbocycles. The predicted octanol–water partition coefficient (Wildman–Crippen LogP) is 12.9. The Kier molecular flexibility index (Phi) is 9.26. The zero-order valence-corrected chi connectivity index (χ0v) is 37.2. The lowest BCUT2D eigenvalue weighted by atomic mass is 9.89. The van der Waals surface area contributed by atoms with Crippen LogP contribution in [0.1, 0.15) is 134 Å². The van der Waals surface area contributed by atoms with Crippen LogP contribution in [0.2, 0.25) is 0 Å². The van der Waals surface area contributed by atoms with Gasteiger partial charge in [-0.3, -0.25) is 23.7 Å². The van der Waals surface area contributed by atoms with Crippen molar-refractivity contribution in [2.24, 2.45) is 10.8 Å². The van der Waals surface area contributed by atoms with Gasteiger partial charge in [0.1, 0.15) is 11.3 Å². The molecule has 0 saturated carbocycles. The lowest BCUT2D eigenvalue weighted by Gasteiger charge is -2.27. The number of aromatic nitrogens is 6. The van der Waals surface area contributed by atoms with E-state index in [-0.39, 0.29) is 21.7 Å². The summed E-state index contributed by atoms with van der Waals surface area (Å²) in [7, 11) is 0. The van der Waals surface area contributed by atoms with Crippen molar-refractivity contribution in [2.75, 3.05) is 4.90 Å². The maximum atomic E-state index is 5.66. The van der Waals surface area contributed by atoms with E-state index in [2.05, 4.69) is 180 Å². The first kappa shape index (κ1) is 39.5. The highest BCUT2D eigenvalue weighted by molar-refractivity contribution is 5.96. The summed E-state index contributed by atoms with van der Waals surface area (Å²) >= 11 is 0. The molecule has 0 fully saturated rings. The Morgan fingerprint density at radius 2 is 0.875 bits per heavy atom. The average Bonchev–Trinajstić information content (AvgIpc) is 3.57. The lowest BCUT2D eigenvalue weighted by Crippen LogP contribution is -2.17. The van der Waals surface area contributed by atoms with Gasteiger partial charge in [-0.2, -0.15) is 0 Å². The standard InChI is InChI=1S/C49H63N7/c1-28-22-29(2)41(30(3)23-28)56(42-31(4)54-33(26-46(6,7)8)24-37-35(44(54)52-42)18-20-39(50-37)48(12,13)14)43-32(5)55-34(27-47(9,10)11)25-38-36(45(55)53-43)19-21-40(51-38)49(15,16)17/h18-25H,26-27H2,1-17H3. The number of imidazole rings is 2. The second-order valence-electron chi connectivity index (χ2n) is 20.9. The Balaban J connectivity index is 1.61. The monoisotopic (exact) mass is 750 g/mol. The third-order valence-corrected chi connectivity index (χ3v) is 10.9. The first-order chi connectivity index (χ1) is 25.8. The fourth-order valence-electron chi connectivity index (χ4n) is 8.48. The molecular formula is C49H63N7. The third kappa shape index (κ3) is 7.07. The van der Waals surface area contributed by atoms with Crippen LogP contribution in [0.3, 0.4) is 0 Å². The van der Waals surface area contributed by atoms with Gasteiger partial charge in [-0.05, 0) is 106 Å². The summed E-state index contributed by atoms with van der Waals surface area (Å²) in [5.74, 6) is 1.76. The number of hydrogen-bond donors (Lipinski definition) is 0. The molecule has 56 heavy (non-hydrogen) atoms. The first-order valence-corrected chi connectivity index (χ1v) is 20.3. The molecule has 0 bridgehead atoms. The van der Waals surface area contributed by atoms with Crippen molar-refractivity contribution in [1.29, 1.82) is 0 Å². The third-order valence-electron chi connectivity index (χ3n) is 10.9. The van der Waals surface area contributed by atoms with Crippen LogP contribution in [0.15, 0.2) is 48.5 Å². The van der Waals surface area contributed by atoms with E-state index in [4.69, 9.17) is 19.9 Å². The number of rotatable bonds is 5. The normalized spacial score (nSPS) is 13.2. The number of benzene rings is 1. The zero-order chi connectivity index (χ0) is 41.0. The molecule has 0 unspecified atom stereocenters. The van der Waals surface area contributed by atoms with Gasteiger partial charge in [0.15, 0.2) is 11.6 Å². The molecule has 0 saturated heterocycles. The quantitative estimate of drug-likeness (QED) is 0.175. The number of anilines is 3. The van der Waals surface area contributed by atoms with Crippen molar-refractivity contribution < 1.29 is 0 Å². The van der Waals surface area contributed by atoms with E-state index < -0.39 is 0 Å². The minimum absolute atomic E-state index is 0.0481. The molecule has 0 radical (unpaired) electrons. The maximum absolute atomic E-state index is 5.66. The van der Waals surface area contributed by atoms with Gasteiger partial charge in [0.05, 0.1) is 28.1 Å². The van der Waals surface area contributed by atoms with E-state index in [1.807, 2.05) is 0 Å². The average molecular weight is 750 g/mol. The highest BCUT2D eigenvalue weighted by atomic mass is 15.3. The van der Waals surface area contributed by atoms with E-state index >= 15 is 0 Å². The van der Waals surface area contributed by atoms with Gasteiger partial charge in [-0.1, -0.05) is 101 Å². The van der Waals surface area contributed by atoms with E-state index in [9.17, 15) is 0 Å². The first-order valence-electron chi connectivity index (χ1n) is 20.3. The summed E-state index contributed by atoms with van der Waals surface area (Å²) in [6.45, 7) is 38.2. The molecule has 6 heterocycles. The van der Waals surface area contributed by atoms with E-state index in [1.165, 1.54) is 28.1 Å². The molecule has 294 valence electrons. The van der Waals surface area contributed by atoms with Crippen molar-refractivity contribution in [3.05, 3.63) is 99.4 Å². The Labute approximate surface area is 334 Å². The van der Waals surface area contributed by atoms with Crippen molar-refractivity contribution >= 4 is 50.4 Å². The number of fused-ring (bicyclic) bond motifs is 6. The second kappa shape index (κ2) is 13.1. The predicted molar refractivity (Wildman–Crippen MR) is 237 cm³/mol. The summed E-state index contributed by atoms with van der Waals surface area (Å²) in [5, 5.41) is 2.10. The lowest BCUT2D eigenvalue weighted by molar-refractivity contribution is 0.404. The number of nitrogens with zero attached hydrogens (tertiary/aromatic N) is 7. The van der Waals surface area contributed by atoms with Crippen LogP contribution in [0.25, 0.3) is 33.1 Å². The van der Waals surface area contributed by atoms with Crippen LogP contribution >= 0.6 is 0 Å². The molecule has 0 atom stereocenters. The molecular weight excluding hydrogens is 687 g/mol. The summed E-state index contributed by atoms with van der Waals surface area (Å²) in [6.07, 6.45) is 1.75. The van der Waals surface area contributed by atoms with Gasteiger partial charge in [0.2, 0.25) is 0 Å². The minimum Gasteiger partial charge on any atom is -0.298 e. The largest absolute Gasteiger partial charge is 0.298 e. The van der Waals surface area contributed by atoms with Gasteiger partial charge in [0, 0.05) is 44.4 Å². The molecule has 0 N–H and O–H groups in total. The van der Waals surface area contributed by atoms with Crippen LogP contribution in [0.5, 0.6) is 0 Å². The van der Waals surface area contributed by atoms with Crippen LogP contribution in [-0.4, -0.2) is 28.7 Å². The molecule has 0 amide bonds. The maximum Gasteiger partial charge on any atom is 0.161 e. The SMILES string of the molecule is Cc1cc(C)c(N(c2nc3c4ccc(C(C)(C)C)nc4cc(CC(C)(C)C)n3c2C)c2nc3c4ccc(C(C)(C)C)nc4cc(CC(C)(C)C)n3c2C)c(C)c1. The van der Waals surface area contributed by atoms with Crippen LogP contribution in [0, 0.1) is 45.4 Å². The summed E-state index contributed by atoms with van der Waals surface area (Å²) in [6, 6.07) is 18.0. The van der Waals surface area contributed by atoms with Crippen molar-refractivity contribution in [3.8, 4) is 0 Å². The number of hydrogen-bond acceptors (Lipinski definition) is 5. The molecule has 0 aliphatic rings. The molecule has 0 spiro atoms. The fourth-order valence-corrected chi connectivity index (χ4v) is 8.48. The Morgan fingerprint density at radius 1 is 0.500 bits per heavy atom. The molecule has 0 aliphatic carbocycles. The van der Waals surface area contributed by atoms with Gasteiger partial charge < -0.3 is 0 Å². The Bertz CT molecular complexity index is 2500. The van der Waals surface area contributed by atoms with Crippen LogP contribution in [0.4, 0.5) is 17.3 Å². The highest BCUT2D eigenvalue weighted by Crippen LogP contribution is 2.44. The molecule has 6 aromatic heterocycles. The smallest absolute Gasteiger partial charge is 0.161 e. The summed E-state index contributed by atoms with van der Waals surface area (Å²) in [5.41, 5.74) is 15.2. The molecule has 7 heteroatoms. The summed E-state index contributed by atoms with van der Waals surface area (Å²) in [4.78, 5) is 24.2. The van der Waals surface area contributed by atoms with Crippen molar-refractivity contribution in [1.82, 2.24) is 28.7 Å². The molecule has 7 rings (SSSR count). The van der Waals surface area contributed by atoms with Gasteiger partial charge in [0.25, 0.3) is 0 Å². The molecule has 0 aliphatic heterocycles. The van der Waals surface area contributed by atoms with Crippen LogP contribution in [-0.2, 0) is 23.7 Å². The Hall–Kier alpha value is -4.78.